The minimum Gasteiger partial charge on any atom is -0.497 e. The van der Waals surface area contributed by atoms with E-state index in [-0.39, 0.29) is 5.92 Å². The summed E-state index contributed by atoms with van der Waals surface area (Å²) in [5.41, 5.74) is 0.385. The number of hydrogen-bond donors (Lipinski definition) is 2. The van der Waals surface area contributed by atoms with Crippen LogP contribution in [0.5, 0.6) is 5.75 Å². The molecule has 1 saturated carbocycles. The first kappa shape index (κ1) is 11.6. The van der Waals surface area contributed by atoms with Crippen LogP contribution in [0.2, 0.25) is 0 Å². The lowest BCUT2D eigenvalue weighted by Gasteiger charge is -2.39. The Labute approximate surface area is 126 Å². The molecule has 0 radical (unpaired) electrons. The molecule has 0 spiro atoms. The highest BCUT2D eigenvalue weighted by Crippen LogP contribution is 2.39. The van der Waals surface area contributed by atoms with Crippen LogP contribution in [0.25, 0.3) is 0 Å². The molecule has 1 aliphatic rings. The van der Waals surface area contributed by atoms with E-state index in [0.29, 0.717) is 5.75 Å². The molecule has 0 saturated heterocycles. The fourth-order valence-corrected chi connectivity index (χ4v) is 3.31. The summed E-state index contributed by atoms with van der Waals surface area (Å²) in [6.07, 6.45) is 4.98. The number of quaternary nitrogens is 1. The highest BCUT2D eigenvalue weighted by atomic mass is 16.5. The Morgan fingerprint density at radius 1 is 1.25 bits per heavy atom. The van der Waals surface area contributed by atoms with Crippen molar-refractivity contribution in [3.05, 3.63) is 29.8 Å². The van der Waals surface area contributed by atoms with Crippen molar-refractivity contribution in [2.24, 2.45) is 0 Å². The number of likely N-dealkylation sites (N-methyl/N-ethyl adjacent to an activating group) is 1. The second kappa shape index (κ2) is 6.59. The van der Waals surface area contributed by atoms with Crippen molar-refractivity contribution in [3.63, 3.8) is 0 Å². The summed E-state index contributed by atoms with van der Waals surface area (Å²) >= 11 is 0. The summed E-state index contributed by atoms with van der Waals surface area (Å²) in [7, 11) is 1.74. The third kappa shape index (κ3) is 3.53. The first-order chi connectivity index (χ1) is 10.7. The van der Waals surface area contributed by atoms with Crippen molar-refractivity contribution >= 4 is 0 Å². The highest BCUT2D eigenvalue weighted by Gasteiger charge is 2.40. The molecule has 112 valence electrons. The lowest BCUT2D eigenvalue weighted by Crippen LogP contribution is -3.06. The van der Waals surface area contributed by atoms with Crippen LogP contribution in [0.15, 0.2) is 24.3 Å². The maximum Gasteiger partial charge on any atom is 0.118 e. The Morgan fingerprint density at radius 2 is 1.90 bits per heavy atom. The molecule has 0 aliphatic heterocycles. The lowest BCUT2D eigenvalue weighted by molar-refractivity contribution is -0.860. The van der Waals surface area contributed by atoms with Crippen molar-refractivity contribution in [3.8, 4) is 5.75 Å². The smallest absolute Gasteiger partial charge is 0.118 e. The molecular weight excluding hydrogens is 250 g/mol. The van der Waals surface area contributed by atoms with E-state index in [1.807, 2.05) is 12.1 Å². The average molecular weight is 281 g/mol. The Balaban J connectivity index is 2.21. The predicted molar refractivity (Wildman–Crippen MR) is 81.4 cm³/mol. The summed E-state index contributed by atoms with van der Waals surface area (Å²) < 4.78 is 26.4. The summed E-state index contributed by atoms with van der Waals surface area (Å²) in [6, 6.07) is 7.15. The molecule has 0 bridgehead atoms. The Hall–Kier alpha value is -1.06. The zero-order chi connectivity index (χ0) is 17.1. The third-order valence-electron chi connectivity index (χ3n) is 4.38. The maximum absolute atomic E-state index is 11.2. The normalized spacial score (nSPS) is 22.7. The molecule has 2 N–H and O–H groups in total. The van der Waals surface area contributed by atoms with Gasteiger partial charge in [-0.25, -0.2) is 0 Å². The van der Waals surface area contributed by atoms with Gasteiger partial charge in [-0.2, -0.15) is 0 Å². The first-order valence-electron chi connectivity index (χ1n) is 9.00. The maximum atomic E-state index is 11.2. The van der Waals surface area contributed by atoms with Gasteiger partial charge in [-0.05, 0) is 30.5 Å². The minimum absolute atomic E-state index is 0.0506. The van der Waals surface area contributed by atoms with Gasteiger partial charge >= 0.3 is 0 Å². The molecule has 1 aromatic carbocycles. The van der Waals surface area contributed by atoms with Crippen LogP contribution < -0.4 is 9.64 Å². The molecule has 0 heterocycles. The number of nitrogens with one attached hydrogen (secondary N) is 1. The Bertz CT molecular complexity index is 494. The van der Waals surface area contributed by atoms with Gasteiger partial charge < -0.3 is 14.7 Å². The summed E-state index contributed by atoms with van der Waals surface area (Å²) in [5.74, 6) is 0.384. The van der Waals surface area contributed by atoms with E-state index >= 15 is 0 Å². The summed E-state index contributed by atoms with van der Waals surface area (Å²) in [6.45, 7) is 0.843. The third-order valence-corrected chi connectivity index (χ3v) is 4.38. The van der Waals surface area contributed by atoms with Gasteiger partial charge in [0, 0.05) is 0 Å². The Morgan fingerprint density at radius 3 is 2.45 bits per heavy atom. The van der Waals surface area contributed by atoms with E-state index < -0.39 is 12.6 Å². The van der Waals surface area contributed by atoms with Crippen LogP contribution >= 0.6 is 0 Å². The summed E-state index contributed by atoms with van der Waals surface area (Å²) in [4.78, 5) is 1.29. The first-order valence-corrected chi connectivity index (χ1v) is 7.50. The fourth-order valence-electron chi connectivity index (χ4n) is 3.31. The van der Waals surface area contributed by atoms with Crippen molar-refractivity contribution in [1.29, 1.82) is 0 Å². The van der Waals surface area contributed by atoms with E-state index in [2.05, 4.69) is 14.1 Å². The molecule has 2 rings (SSSR count). The average Bonchev–Trinajstić information content (AvgIpc) is 2.45. The lowest BCUT2D eigenvalue weighted by atomic mass is 9.72. The molecule has 1 fully saturated rings. The second-order valence-corrected chi connectivity index (χ2v) is 6.30. The molecule has 1 aromatic rings. The summed E-state index contributed by atoms with van der Waals surface area (Å²) in [5, 5.41) is 11.2. The standard InChI is InChI=1S/C17H27NO2/c1-18(2)13-16(17(19)11-5-4-6-12-17)14-7-9-15(20-3)10-8-14/h7-10,16,19H,4-6,11-13H2,1-3H3/p+1/t16-/m0/s1/i3D3. The molecule has 20 heavy (non-hydrogen) atoms. The number of ether oxygens (including phenoxy) is 1. The van der Waals surface area contributed by atoms with Crippen LogP contribution in [0.3, 0.4) is 0 Å². The number of benzene rings is 1. The van der Waals surface area contributed by atoms with Gasteiger partial charge in [0.15, 0.2) is 0 Å². The van der Waals surface area contributed by atoms with Gasteiger partial charge in [-0.3, -0.25) is 0 Å². The van der Waals surface area contributed by atoms with Crippen LogP contribution in [-0.4, -0.2) is 38.4 Å². The molecule has 1 atom stereocenters. The van der Waals surface area contributed by atoms with Crippen molar-refractivity contribution < 1.29 is 18.9 Å². The van der Waals surface area contributed by atoms with Crippen LogP contribution in [-0.2, 0) is 0 Å². The van der Waals surface area contributed by atoms with Gasteiger partial charge in [-0.1, -0.05) is 31.4 Å². The number of hydrogen-bond acceptors (Lipinski definition) is 2. The van der Waals surface area contributed by atoms with Gasteiger partial charge in [0.1, 0.15) is 5.75 Å². The molecule has 0 aromatic heterocycles. The van der Waals surface area contributed by atoms with Crippen molar-refractivity contribution in [2.75, 3.05) is 27.7 Å². The van der Waals surface area contributed by atoms with E-state index in [1.54, 1.807) is 12.1 Å². The van der Waals surface area contributed by atoms with Gasteiger partial charge in [0.05, 0.1) is 43.3 Å². The van der Waals surface area contributed by atoms with E-state index in [4.69, 9.17) is 8.85 Å². The van der Waals surface area contributed by atoms with Gasteiger partial charge in [-0.15, -0.1) is 0 Å². The molecule has 1 aliphatic carbocycles. The monoisotopic (exact) mass is 281 g/mol. The SMILES string of the molecule is [2H]C([2H])([2H])Oc1ccc([C@H](C[NH+](C)C)C2(O)CCCCC2)cc1. The zero-order valence-corrected chi connectivity index (χ0v) is 12.5. The topological polar surface area (TPSA) is 33.9 Å². The van der Waals surface area contributed by atoms with E-state index in [1.165, 1.54) is 11.3 Å². The van der Waals surface area contributed by atoms with Crippen LogP contribution in [0.1, 0.15) is 47.7 Å². The fraction of sp³-hybridized carbons (Fsp3) is 0.647. The number of rotatable bonds is 5. The van der Waals surface area contributed by atoms with Gasteiger partial charge in [0.25, 0.3) is 0 Å². The zero-order valence-electron chi connectivity index (χ0n) is 15.5. The van der Waals surface area contributed by atoms with E-state index in [9.17, 15) is 5.11 Å². The molecular formula is C17H28NO2+. The molecule has 0 amide bonds. The quantitative estimate of drug-likeness (QED) is 0.860. The highest BCUT2D eigenvalue weighted by molar-refractivity contribution is 5.31. The van der Waals surface area contributed by atoms with Crippen LogP contribution in [0.4, 0.5) is 0 Å². The molecule has 3 heteroatoms. The number of aliphatic hydroxyl groups is 1. The van der Waals surface area contributed by atoms with Gasteiger partial charge in [0.2, 0.25) is 0 Å². The largest absolute Gasteiger partial charge is 0.497 e. The van der Waals surface area contributed by atoms with E-state index in [0.717, 1.165) is 37.8 Å². The second-order valence-electron chi connectivity index (χ2n) is 6.30. The van der Waals surface area contributed by atoms with Crippen molar-refractivity contribution in [1.82, 2.24) is 0 Å². The Kier molecular flexibility index (Phi) is 3.82. The predicted octanol–water partition coefficient (Wildman–Crippen LogP) is 1.62. The minimum atomic E-state index is -2.43. The van der Waals surface area contributed by atoms with Crippen molar-refractivity contribution in [2.45, 2.75) is 43.6 Å². The van der Waals surface area contributed by atoms with Crippen LogP contribution in [0, 0.1) is 0 Å². The molecule has 0 unspecified atom stereocenters. The number of methoxy groups -OCH3 is 1. The molecule has 3 nitrogen and oxygen atoms in total.